The van der Waals surface area contributed by atoms with Gasteiger partial charge in [-0.1, -0.05) is 144 Å². The van der Waals surface area contributed by atoms with Crippen LogP contribution in [-0.2, 0) is 17.3 Å². The zero-order chi connectivity index (χ0) is 30.5. The number of fused-ring (bicyclic) bond motifs is 4. The Hall–Kier alpha value is -4.89. The second kappa shape index (κ2) is 10.7. The summed E-state index contributed by atoms with van der Waals surface area (Å²) in [5.74, 6) is 0.849. The van der Waals surface area contributed by atoms with Crippen LogP contribution in [0.25, 0.3) is 55.0 Å². The number of aromatic nitrogens is 3. The maximum Gasteiger partial charge on any atom is 0.135 e. The molecule has 2 heterocycles. The summed E-state index contributed by atoms with van der Waals surface area (Å²) in [6.07, 6.45) is 0.790. The molecule has 0 bridgehead atoms. The van der Waals surface area contributed by atoms with Crippen LogP contribution in [0.2, 0.25) is 0 Å². The molecule has 0 unspecified atom stereocenters. The largest absolute Gasteiger partial charge is 0.252 e. The number of nitrogens with zero attached hydrogens (tertiary/aromatic N) is 3. The van der Waals surface area contributed by atoms with Crippen LogP contribution < -0.4 is 0 Å². The van der Waals surface area contributed by atoms with E-state index in [-0.39, 0.29) is 10.8 Å². The summed E-state index contributed by atoms with van der Waals surface area (Å²) in [5, 5.41) is 4.67. The van der Waals surface area contributed by atoms with Gasteiger partial charge in [0.1, 0.15) is 5.82 Å². The number of benzene rings is 5. The predicted octanol–water partition coefficient (Wildman–Crippen LogP) is 10.5. The van der Waals surface area contributed by atoms with E-state index in [9.17, 15) is 0 Å². The third-order valence-corrected chi connectivity index (χ3v) is 8.66. The van der Waals surface area contributed by atoms with Crippen LogP contribution in [0, 0.1) is 0 Å². The second-order valence-corrected chi connectivity index (χ2v) is 13.5. The van der Waals surface area contributed by atoms with E-state index in [4.69, 9.17) is 15.0 Å². The average molecular weight is 572 g/mol. The van der Waals surface area contributed by atoms with Crippen molar-refractivity contribution < 1.29 is 0 Å². The molecule has 44 heavy (non-hydrogen) atoms. The van der Waals surface area contributed by atoms with Gasteiger partial charge >= 0.3 is 0 Å². The van der Waals surface area contributed by atoms with Gasteiger partial charge in [0, 0.05) is 38.2 Å². The summed E-state index contributed by atoms with van der Waals surface area (Å²) in [6.45, 7) is 11.3. The lowest BCUT2D eigenvalue weighted by molar-refractivity contribution is 0.489. The molecule has 5 aromatic carbocycles. The van der Waals surface area contributed by atoms with Crippen LogP contribution in [0.3, 0.4) is 0 Å². The van der Waals surface area contributed by atoms with Gasteiger partial charge in [0.15, 0.2) is 0 Å². The Morgan fingerprint density at radius 3 is 1.91 bits per heavy atom. The minimum atomic E-state index is -0.335. The Kier molecular flexibility index (Phi) is 6.77. The Morgan fingerprint density at radius 1 is 0.523 bits per heavy atom. The number of hydrogen-bond donors (Lipinski definition) is 0. The lowest BCUT2D eigenvalue weighted by Gasteiger charge is -2.27. The predicted molar refractivity (Wildman–Crippen MR) is 185 cm³/mol. The molecular formula is C41H37N3. The first-order valence-corrected chi connectivity index (χ1v) is 15.4. The minimum absolute atomic E-state index is 0.0808. The summed E-state index contributed by atoms with van der Waals surface area (Å²) in [6, 6.07) is 42.9. The second-order valence-electron chi connectivity index (χ2n) is 13.5. The summed E-state index contributed by atoms with van der Waals surface area (Å²) >= 11 is 0. The molecule has 0 amide bonds. The molecule has 3 nitrogen and oxygen atoms in total. The van der Waals surface area contributed by atoms with E-state index in [1.807, 2.05) is 0 Å². The molecule has 216 valence electrons. The first kappa shape index (κ1) is 27.9. The van der Waals surface area contributed by atoms with E-state index in [0.717, 1.165) is 45.6 Å². The van der Waals surface area contributed by atoms with Crippen molar-refractivity contribution >= 4 is 32.6 Å². The highest BCUT2D eigenvalue weighted by Gasteiger charge is 2.29. The van der Waals surface area contributed by atoms with Crippen molar-refractivity contribution in [3.63, 3.8) is 0 Å². The average Bonchev–Trinajstić information content (AvgIpc) is 3.04. The van der Waals surface area contributed by atoms with Gasteiger partial charge in [0.05, 0.1) is 16.7 Å². The number of hydrogen-bond acceptors (Lipinski definition) is 3. The first-order valence-electron chi connectivity index (χ1n) is 15.4. The van der Waals surface area contributed by atoms with Gasteiger partial charge in [-0.05, 0) is 40.6 Å². The Balaban J connectivity index is 1.35. The summed E-state index contributed by atoms with van der Waals surface area (Å²) in [4.78, 5) is 15.7. The fraction of sp³-hybridized carbons (Fsp3) is 0.195. The maximum absolute atomic E-state index is 5.32. The molecule has 7 rings (SSSR count). The van der Waals surface area contributed by atoms with Crippen LogP contribution in [0.5, 0.6) is 0 Å². The number of para-hydroxylation sites is 1. The van der Waals surface area contributed by atoms with Crippen LogP contribution in [0.4, 0.5) is 0 Å². The monoisotopic (exact) mass is 571 g/mol. The van der Waals surface area contributed by atoms with E-state index in [1.165, 1.54) is 32.8 Å². The third kappa shape index (κ3) is 5.13. The smallest absolute Gasteiger partial charge is 0.135 e. The highest BCUT2D eigenvalue weighted by molar-refractivity contribution is 6.06. The van der Waals surface area contributed by atoms with E-state index < -0.39 is 0 Å². The SMILES string of the molecule is CC(C)(C)c1cc(CC(C)(C)c2nc(-c3ccc(-c4ccccc4)cc3)c3ccccc3n2)c2ccc3ccccc3c2n1. The van der Waals surface area contributed by atoms with E-state index in [1.54, 1.807) is 0 Å². The van der Waals surface area contributed by atoms with Gasteiger partial charge < -0.3 is 0 Å². The van der Waals surface area contributed by atoms with Crippen molar-refractivity contribution in [1.29, 1.82) is 0 Å². The Morgan fingerprint density at radius 2 is 1.16 bits per heavy atom. The van der Waals surface area contributed by atoms with Crippen LogP contribution in [0.15, 0.2) is 121 Å². The summed E-state index contributed by atoms with van der Waals surface area (Å²) in [5.41, 5.74) is 8.47. The van der Waals surface area contributed by atoms with Crippen molar-refractivity contribution in [2.45, 2.75) is 51.9 Å². The molecule has 0 aliphatic rings. The Labute approximate surface area is 259 Å². The van der Waals surface area contributed by atoms with Gasteiger partial charge in [0.25, 0.3) is 0 Å². The summed E-state index contributed by atoms with van der Waals surface area (Å²) < 4.78 is 0. The summed E-state index contributed by atoms with van der Waals surface area (Å²) in [7, 11) is 0. The fourth-order valence-corrected chi connectivity index (χ4v) is 6.17. The third-order valence-electron chi connectivity index (χ3n) is 8.66. The standard InChI is InChI=1S/C41H37N3/c1-40(2,3)36-25-31(33-24-23-29-15-9-10-16-32(29)38(33)43-36)26-41(4,5)39-42-35-18-12-11-17-34(35)37(44-39)30-21-19-28(20-22-30)27-13-7-6-8-14-27/h6-25H,26H2,1-5H3. The molecule has 0 fully saturated rings. The van der Waals surface area contributed by atoms with E-state index in [0.29, 0.717) is 0 Å². The molecule has 0 saturated heterocycles. The highest BCUT2D eigenvalue weighted by atomic mass is 14.9. The van der Waals surface area contributed by atoms with Crippen LogP contribution >= 0.6 is 0 Å². The van der Waals surface area contributed by atoms with Crippen molar-refractivity contribution in [1.82, 2.24) is 15.0 Å². The van der Waals surface area contributed by atoms with Gasteiger partial charge in [-0.2, -0.15) is 0 Å². The molecule has 0 spiro atoms. The fourth-order valence-electron chi connectivity index (χ4n) is 6.17. The molecule has 0 atom stereocenters. The molecule has 0 saturated carbocycles. The Bertz CT molecular complexity index is 2140. The van der Waals surface area contributed by atoms with E-state index in [2.05, 4.69) is 156 Å². The van der Waals surface area contributed by atoms with Gasteiger partial charge in [0.2, 0.25) is 0 Å². The lowest BCUT2D eigenvalue weighted by Crippen LogP contribution is -2.25. The van der Waals surface area contributed by atoms with Crippen LogP contribution in [-0.4, -0.2) is 15.0 Å². The van der Waals surface area contributed by atoms with Crippen molar-refractivity contribution in [3.8, 4) is 22.4 Å². The zero-order valence-electron chi connectivity index (χ0n) is 26.1. The van der Waals surface area contributed by atoms with Gasteiger partial charge in [-0.3, -0.25) is 4.98 Å². The van der Waals surface area contributed by atoms with Crippen LogP contribution in [0.1, 0.15) is 51.7 Å². The first-order chi connectivity index (χ1) is 21.2. The van der Waals surface area contributed by atoms with Gasteiger partial charge in [-0.15, -0.1) is 0 Å². The molecular weight excluding hydrogens is 534 g/mol. The minimum Gasteiger partial charge on any atom is -0.252 e. The van der Waals surface area contributed by atoms with E-state index >= 15 is 0 Å². The molecule has 2 aromatic heterocycles. The molecule has 0 aliphatic heterocycles. The maximum atomic E-state index is 5.32. The molecule has 3 heteroatoms. The quantitative estimate of drug-likeness (QED) is 0.193. The molecule has 7 aromatic rings. The van der Waals surface area contributed by atoms with Crippen molar-refractivity contribution in [3.05, 3.63) is 138 Å². The number of pyridine rings is 1. The molecule has 0 N–H and O–H groups in total. The van der Waals surface area contributed by atoms with Crippen molar-refractivity contribution in [2.24, 2.45) is 0 Å². The highest BCUT2D eigenvalue weighted by Crippen LogP contribution is 2.36. The topological polar surface area (TPSA) is 38.7 Å². The van der Waals surface area contributed by atoms with Gasteiger partial charge in [-0.25, -0.2) is 9.97 Å². The van der Waals surface area contributed by atoms with Crippen molar-refractivity contribution in [2.75, 3.05) is 0 Å². The molecule has 0 radical (unpaired) electrons. The zero-order valence-corrected chi connectivity index (χ0v) is 26.1. The molecule has 0 aliphatic carbocycles. The normalized spacial score (nSPS) is 12.3. The lowest BCUT2D eigenvalue weighted by atomic mass is 9.81. The number of rotatable bonds is 5.